The number of hydrogen-bond acceptors (Lipinski definition) is 5. The number of nitro groups is 1. The van der Waals surface area contributed by atoms with Crippen LogP contribution in [-0.2, 0) is 4.74 Å². The second-order valence-electron chi connectivity index (χ2n) is 4.73. The van der Waals surface area contributed by atoms with Crippen molar-refractivity contribution in [1.82, 2.24) is 0 Å². The zero-order chi connectivity index (χ0) is 15.4. The summed E-state index contributed by atoms with van der Waals surface area (Å²) in [5.74, 6) is -2.71. The summed E-state index contributed by atoms with van der Waals surface area (Å²) >= 11 is 0. The van der Waals surface area contributed by atoms with Gasteiger partial charge in [-0.1, -0.05) is 0 Å². The number of nitro benzene ring substituents is 1. The molecule has 0 radical (unpaired) electrons. The molecule has 0 saturated carbocycles. The Morgan fingerprint density at radius 3 is 2.71 bits per heavy atom. The summed E-state index contributed by atoms with van der Waals surface area (Å²) in [7, 11) is 0. The minimum absolute atomic E-state index is 0.177. The zero-order valence-electron chi connectivity index (χ0n) is 11.1. The molecule has 1 aliphatic heterocycles. The molecule has 1 fully saturated rings. The van der Waals surface area contributed by atoms with E-state index in [1.54, 1.807) is 0 Å². The molecular formula is C13H14FNO6. The Morgan fingerprint density at radius 1 is 1.48 bits per heavy atom. The quantitative estimate of drug-likeness (QED) is 0.661. The highest BCUT2D eigenvalue weighted by Gasteiger charge is 2.24. The number of nitrogens with zero attached hydrogens (tertiary/aromatic N) is 1. The Balaban J connectivity index is 2.20. The maximum atomic E-state index is 13.5. The fourth-order valence-electron chi connectivity index (χ4n) is 2.09. The summed E-state index contributed by atoms with van der Waals surface area (Å²) in [6.45, 7) is 1.40. The van der Waals surface area contributed by atoms with Gasteiger partial charge in [-0.25, -0.2) is 9.18 Å². The molecule has 114 valence electrons. The van der Waals surface area contributed by atoms with Gasteiger partial charge in [0.15, 0.2) is 5.75 Å². The summed E-state index contributed by atoms with van der Waals surface area (Å²) in [6.07, 6.45) is 1.53. The van der Waals surface area contributed by atoms with Gasteiger partial charge in [0.25, 0.3) is 0 Å². The SMILES string of the molecule is O=C(O)c1cc(OCC2CCOCC2)c([N+](=O)[O-])cc1F. The Hall–Kier alpha value is -2.22. The fraction of sp³-hybridized carbons (Fsp3) is 0.462. The molecule has 0 aliphatic carbocycles. The molecule has 1 N–H and O–H groups in total. The lowest BCUT2D eigenvalue weighted by Crippen LogP contribution is -2.21. The first kappa shape index (κ1) is 15.2. The molecule has 0 spiro atoms. The van der Waals surface area contributed by atoms with Gasteiger partial charge in [0.1, 0.15) is 5.82 Å². The number of benzene rings is 1. The van der Waals surface area contributed by atoms with Crippen molar-refractivity contribution in [3.63, 3.8) is 0 Å². The van der Waals surface area contributed by atoms with Crippen molar-refractivity contribution < 1.29 is 28.7 Å². The third kappa shape index (κ3) is 3.66. The van der Waals surface area contributed by atoms with Crippen LogP contribution in [0.25, 0.3) is 0 Å². The number of carboxylic acid groups (broad SMARTS) is 1. The minimum atomic E-state index is -1.50. The highest BCUT2D eigenvalue weighted by molar-refractivity contribution is 5.89. The number of rotatable bonds is 5. The molecule has 8 heteroatoms. The van der Waals surface area contributed by atoms with Crippen molar-refractivity contribution in [2.45, 2.75) is 12.8 Å². The van der Waals surface area contributed by atoms with Crippen molar-refractivity contribution in [2.24, 2.45) is 5.92 Å². The van der Waals surface area contributed by atoms with Gasteiger partial charge in [-0.2, -0.15) is 0 Å². The van der Waals surface area contributed by atoms with Crippen LogP contribution in [0.4, 0.5) is 10.1 Å². The van der Waals surface area contributed by atoms with Gasteiger partial charge in [0.05, 0.1) is 23.2 Å². The maximum Gasteiger partial charge on any atom is 0.338 e. The van der Waals surface area contributed by atoms with E-state index < -0.39 is 28.0 Å². The molecule has 1 saturated heterocycles. The number of carbonyl (C=O) groups is 1. The van der Waals surface area contributed by atoms with Crippen molar-refractivity contribution in [3.8, 4) is 5.75 Å². The van der Waals surface area contributed by atoms with E-state index in [1.165, 1.54) is 0 Å². The highest BCUT2D eigenvalue weighted by atomic mass is 19.1. The predicted octanol–water partition coefficient (Wildman–Crippen LogP) is 2.24. The van der Waals surface area contributed by atoms with Crippen LogP contribution in [0.2, 0.25) is 0 Å². The van der Waals surface area contributed by atoms with Gasteiger partial charge in [0, 0.05) is 19.3 Å². The van der Waals surface area contributed by atoms with Crippen LogP contribution in [-0.4, -0.2) is 35.8 Å². The first-order chi connectivity index (χ1) is 9.99. The summed E-state index contributed by atoms with van der Waals surface area (Å²) in [5, 5.41) is 19.8. The smallest absolute Gasteiger partial charge is 0.338 e. The van der Waals surface area contributed by atoms with Gasteiger partial charge >= 0.3 is 11.7 Å². The van der Waals surface area contributed by atoms with E-state index in [1.807, 2.05) is 0 Å². The van der Waals surface area contributed by atoms with Crippen LogP contribution >= 0.6 is 0 Å². The summed E-state index contributed by atoms with van der Waals surface area (Å²) in [5.41, 5.74) is -1.23. The fourth-order valence-corrected chi connectivity index (χ4v) is 2.09. The molecule has 7 nitrogen and oxygen atoms in total. The van der Waals surface area contributed by atoms with E-state index in [9.17, 15) is 19.3 Å². The second-order valence-corrected chi connectivity index (χ2v) is 4.73. The summed E-state index contributed by atoms with van der Waals surface area (Å²) < 4.78 is 24.0. The Morgan fingerprint density at radius 2 is 2.14 bits per heavy atom. The Labute approximate surface area is 119 Å². The molecule has 21 heavy (non-hydrogen) atoms. The third-order valence-corrected chi connectivity index (χ3v) is 3.29. The first-order valence-electron chi connectivity index (χ1n) is 6.41. The molecule has 1 aliphatic rings. The van der Waals surface area contributed by atoms with E-state index in [0.717, 1.165) is 18.9 Å². The van der Waals surface area contributed by atoms with Gasteiger partial charge in [0.2, 0.25) is 0 Å². The third-order valence-electron chi connectivity index (χ3n) is 3.29. The van der Waals surface area contributed by atoms with Crippen LogP contribution in [0.1, 0.15) is 23.2 Å². The zero-order valence-corrected chi connectivity index (χ0v) is 11.1. The largest absolute Gasteiger partial charge is 0.486 e. The van der Waals surface area contributed by atoms with Gasteiger partial charge < -0.3 is 14.6 Å². The molecule has 2 rings (SSSR count). The van der Waals surface area contributed by atoms with Gasteiger partial charge in [-0.05, 0) is 18.8 Å². The van der Waals surface area contributed by atoms with E-state index >= 15 is 0 Å². The van der Waals surface area contributed by atoms with Gasteiger partial charge in [-0.15, -0.1) is 0 Å². The van der Waals surface area contributed by atoms with Crippen molar-refractivity contribution in [1.29, 1.82) is 0 Å². The van der Waals surface area contributed by atoms with E-state index in [2.05, 4.69) is 0 Å². The number of hydrogen-bond donors (Lipinski definition) is 1. The average molecular weight is 299 g/mol. The lowest BCUT2D eigenvalue weighted by atomic mass is 10.0. The normalized spacial score (nSPS) is 15.7. The van der Waals surface area contributed by atoms with Crippen LogP contribution < -0.4 is 4.74 Å². The lowest BCUT2D eigenvalue weighted by Gasteiger charge is -2.22. The van der Waals surface area contributed by atoms with Crippen LogP contribution in [0.3, 0.4) is 0 Å². The summed E-state index contributed by atoms with van der Waals surface area (Å²) in [4.78, 5) is 21.0. The molecule has 0 unspecified atom stereocenters. The second kappa shape index (κ2) is 6.49. The van der Waals surface area contributed by atoms with Crippen LogP contribution in [0, 0.1) is 21.8 Å². The van der Waals surface area contributed by atoms with E-state index in [0.29, 0.717) is 19.3 Å². The topological polar surface area (TPSA) is 98.9 Å². The molecule has 0 atom stereocenters. The molecule has 1 aromatic carbocycles. The van der Waals surface area contributed by atoms with Crippen LogP contribution in [0.15, 0.2) is 12.1 Å². The Kier molecular flexibility index (Phi) is 4.69. The monoisotopic (exact) mass is 299 g/mol. The molecule has 0 aromatic heterocycles. The van der Waals surface area contributed by atoms with E-state index in [4.69, 9.17) is 14.6 Å². The summed E-state index contributed by atoms with van der Waals surface area (Å²) in [6, 6.07) is 1.43. The molecule has 0 amide bonds. The first-order valence-corrected chi connectivity index (χ1v) is 6.41. The number of carboxylic acids is 1. The van der Waals surface area contributed by atoms with E-state index in [-0.39, 0.29) is 18.3 Å². The minimum Gasteiger partial charge on any atom is -0.486 e. The standard InChI is InChI=1S/C13H14FNO6/c14-10-6-11(15(18)19)12(5-9(10)13(16)17)21-7-8-1-3-20-4-2-8/h5-6,8H,1-4,7H2,(H,16,17). The van der Waals surface area contributed by atoms with Crippen molar-refractivity contribution >= 4 is 11.7 Å². The van der Waals surface area contributed by atoms with Crippen molar-refractivity contribution in [2.75, 3.05) is 19.8 Å². The highest BCUT2D eigenvalue weighted by Crippen LogP contribution is 2.31. The lowest BCUT2D eigenvalue weighted by molar-refractivity contribution is -0.386. The Bertz CT molecular complexity index is 556. The molecule has 1 heterocycles. The number of halogens is 1. The van der Waals surface area contributed by atoms with Gasteiger partial charge in [-0.3, -0.25) is 10.1 Å². The van der Waals surface area contributed by atoms with Crippen LogP contribution in [0.5, 0.6) is 5.75 Å². The number of aromatic carboxylic acids is 1. The number of ether oxygens (including phenoxy) is 2. The molecular weight excluding hydrogens is 285 g/mol. The maximum absolute atomic E-state index is 13.5. The molecule has 1 aromatic rings. The molecule has 0 bridgehead atoms. The van der Waals surface area contributed by atoms with Crippen molar-refractivity contribution in [3.05, 3.63) is 33.6 Å². The predicted molar refractivity (Wildman–Crippen MR) is 69.1 cm³/mol. The average Bonchev–Trinajstić information content (AvgIpc) is 2.46.